The van der Waals surface area contributed by atoms with Crippen LogP contribution in [0.25, 0.3) is 10.9 Å². The molecule has 3 aliphatic rings. The lowest BCUT2D eigenvalue weighted by molar-refractivity contribution is 0.0244. The summed E-state index contributed by atoms with van der Waals surface area (Å²) in [6.07, 6.45) is 12.5. The van der Waals surface area contributed by atoms with E-state index in [1.807, 2.05) is 12.4 Å². The topological polar surface area (TPSA) is 89.4 Å². The van der Waals surface area contributed by atoms with Gasteiger partial charge in [-0.2, -0.15) is 0 Å². The summed E-state index contributed by atoms with van der Waals surface area (Å²) in [5.41, 5.74) is 2.26. The van der Waals surface area contributed by atoms with Gasteiger partial charge >= 0.3 is 0 Å². The molecule has 7 nitrogen and oxygen atoms in total. The molecule has 0 radical (unpaired) electrons. The van der Waals surface area contributed by atoms with E-state index in [0.717, 1.165) is 74.6 Å². The van der Waals surface area contributed by atoms with E-state index in [9.17, 15) is 5.11 Å². The van der Waals surface area contributed by atoms with Crippen molar-refractivity contribution in [3.63, 3.8) is 0 Å². The lowest BCUT2D eigenvalue weighted by Crippen LogP contribution is -2.26. The second-order valence-electron chi connectivity index (χ2n) is 9.17. The average Bonchev–Trinajstić information content (AvgIpc) is 3.55. The van der Waals surface area contributed by atoms with Crippen LogP contribution in [0.1, 0.15) is 76.2 Å². The van der Waals surface area contributed by atoms with Gasteiger partial charge in [0.15, 0.2) is 0 Å². The number of aliphatic hydroxyl groups excluding tert-OH is 1. The first-order valence-corrected chi connectivity index (χ1v) is 11.5. The van der Waals surface area contributed by atoms with Crippen LogP contribution in [0.5, 0.6) is 5.88 Å². The van der Waals surface area contributed by atoms with Crippen molar-refractivity contribution in [1.82, 2.24) is 15.0 Å². The van der Waals surface area contributed by atoms with Crippen molar-refractivity contribution >= 4 is 16.9 Å². The number of hydrogen-bond acceptors (Lipinski definition) is 7. The molecule has 2 aliphatic carbocycles. The molecule has 0 amide bonds. The van der Waals surface area contributed by atoms with Crippen molar-refractivity contribution < 1.29 is 14.6 Å². The van der Waals surface area contributed by atoms with Crippen LogP contribution in [0.3, 0.4) is 0 Å². The molecule has 0 spiro atoms. The van der Waals surface area contributed by atoms with Crippen molar-refractivity contribution in [2.24, 2.45) is 0 Å². The van der Waals surface area contributed by atoms with E-state index in [-0.39, 0.29) is 17.7 Å². The summed E-state index contributed by atoms with van der Waals surface area (Å²) >= 11 is 0. The summed E-state index contributed by atoms with van der Waals surface area (Å²) in [7, 11) is 0. The molecular formula is C23H32N4O3. The molecule has 0 unspecified atom stereocenters. The minimum Gasteiger partial charge on any atom is -0.474 e. The van der Waals surface area contributed by atoms with Crippen LogP contribution in [0.2, 0.25) is 0 Å². The second-order valence-corrected chi connectivity index (χ2v) is 9.17. The van der Waals surface area contributed by atoms with Gasteiger partial charge in [0, 0.05) is 36.3 Å². The Kier molecular flexibility index (Phi) is 5.50. The molecule has 3 heterocycles. The maximum Gasteiger partial charge on any atom is 0.224 e. The highest BCUT2D eigenvalue weighted by atomic mass is 16.5. The van der Waals surface area contributed by atoms with Gasteiger partial charge < -0.3 is 19.9 Å². The minimum atomic E-state index is -0.178. The Morgan fingerprint density at radius 1 is 1.10 bits per heavy atom. The van der Waals surface area contributed by atoms with E-state index in [1.165, 1.54) is 12.8 Å². The molecular weight excluding hydrogens is 380 g/mol. The number of fused-ring (bicyclic) bond motifs is 1. The highest BCUT2D eigenvalue weighted by Gasteiger charge is 2.41. The van der Waals surface area contributed by atoms with Gasteiger partial charge in [0.25, 0.3) is 0 Å². The van der Waals surface area contributed by atoms with E-state index < -0.39 is 0 Å². The fourth-order valence-corrected chi connectivity index (χ4v) is 4.76. The summed E-state index contributed by atoms with van der Waals surface area (Å²) in [4.78, 5) is 14.3. The van der Waals surface area contributed by atoms with E-state index in [0.29, 0.717) is 17.7 Å². The molecule has 162 valence electrons. The van der Waals surface area contributed by atoms with E-state index >= 15 is 0 Å². The Balaban J connectivity index is 1.49. The first-order valence-electron chi connectivity index (χ1n) is 11.5. The minimum absolute atomic E-state index is 0.123. The molecule has 2 N–H and O–H groups in total. The largest absolute Gasteiger partial charge is 0.474 e. The third kappa shape index (κ3) is 4.10. The zero-order valence-corrected chi connectivity index (χ0v) is 17.8. The predicted octanol–water partition coefficient (Wildman–Crippen LogP) is 3.96. The zero-order chi connectivity index (χ0) is 20.6. The monoisotopic (exact) mass is 412 g/mol. The molecule has 1 aliphatic heterocycles. The smallest absolute Gasteiger partial charge is 0.224 e. The van der Waals surface area contributed by atoms with Gasteiger partial charge in [-0.15, -0.1) is 0 Å². The molecule has 2 aromatic heterocycles. The van der Waals surface area contributed by atoms with E-state index in [4.69, 9.17) is 19.4 Å². The molecule has 0 bridgehead atoms. The first-order chi connectivity index (χ1) is 14.7. The molecule has 2 aromatic rings. The lowest BCUT2D eigenvalue weighted by Gasteiger charge is -2.27. The Bertz CT molecular complexity index is 887. The number of hydrogen-bond donors (Lipinski definition) is 2. The molecule has 5 rings (SSSR count). The van der Waals surface area contributed by atoms with E-state index in [1.54, 1.807) is 0 Å². The summed E-state index contributed by atoms with van der Waals surface area (Å²) in [6, 6.07) is 0. The van der Waals surface area contributed by atoms with Gasteiger partial charge in [-0.25, -0.2) is 15.0 Å². The molecule has 7 heteroatoms. The molecule has 0 atom stereocenters. The maximum absolute atomic E-state index is 9.94. The lowest BCUT2D eigenvalue weighted by atomic mass is 9.83. The number of aliphatic hydroxyl groups is 1. The number of ether oxygens (including phenoxy) is 2. The van der Waals surface area contributed by atoms with Gasteiger partial charge in [0.05, 0.1) is 30.2 Å². The maximum atomic E-state index is 9.94. The average molecular weight is 413 g/mol. The third-order valence-corrected chi connectivity index (χ3v) is 7.10. The standard InChI is InChI=1S/C23H32N4O3/c1-2-23(9-10-23)27-22-25-14-19-20(26-22)18(15-3-5-16(28)6-4-15)13-24-21(19)30-17-7-11-29-12-8-17/h13-17,28H,2-12H2,1H3,(H,25,26,27). The SMILES string of the molecule is CCC1(Nc2ncc3c(OC4CCOCC4)ncc(C4CCC(O)CC4)c3n2)CC1. The van der Waals surface area contributed by atoms with Gasteiger partial charge in [-0.05, 0) is 50.9 Å². The van der Waals surface area contributed by atoms with Gasteiger partial charge in [-0.3, -0.25) is 0 Å². The van der Waals surface area contributed by atoms with Gasteiger partial charge in [-0.1, -0.05) is 6.92 Å². The number of nitrogens with one attached hydrogen (secondary N) is 1. The number of rotatable bonds is 6. The summed E-state index contributed by atoms with van der Waals surface area (Å²) in [5, 5.41) is 14.4. The fraction of sp³-hybridized carbons (Fsp3) is 0.696. The molecule has 1 saturated heterocycles. The Morgan fingerprint density at radius 2 is 1.87 bits per heavy atom. The molecule has 30 heavy (non-hydrogen) atoms. The number of nitrogens with zero attached hydrogens (tertiary/aromatic N) is 3. The van der Waals surface area contributed by atoms with Crippen molar-refractivity contribution in [3.8, 4) is 5.88 Å². The van der Waals surface area contributed by atoms with E-state index in [2.05, 4.69) is 17.2 Å². The Hall–Kier alpha value is -1.99. The first kappa shape index (κ1) is 19.9. The normalized spacial score (nSPS) is 26.5. The summed E-state index contributed by atoms with van der Waals surface area (Å²) in [5.74, 6) is 1.69. The van der Waals surface area contributed by atoms with Crippen LogP contribution in [0.4, 0.5) is 5.95 Å². The quantitative estimate of drug-likeness (QED) is 0.742. The van der Waals surface area contributed by atoms with Crippen LogP contribution < -0.4 is 10.1 Å². The summed E-state index contributed by atoms with van der Waals surface area (Å²) < 4.78 is 11.7. The van der Waals surface area contributed by atoms with Crippen molar-refractivity contribution in [3.05, 3.63) is 18.0 Å². The van der Waals surface area contributed by atoms with Crippen LogP contribution >= 0.6 is 0 Å². The predicted molar refractivity (Wildman–Crippen MR) is 115 cm³/mol. The molecule has 0 aromatic carbocycles. The Morgan fingerprint density at radius 3 is 2.57 bits per heavy atom. The van der Waals surface area contributed by atoms with Gasteiger partial charge in [0.1, 0.15) is 6.10 Å². The van der Waals surface area contributed by atoms with Crippen molar-refractivity contribution in [1.29, 1.82) is 0 Å². The molecule has 2 saturated carbocycles. The summed E-state index contributed by atoms with van der Waals surface area (Å²) in [6.45, 7) is 3.67. The van der Waals surface area contributed by atoms with Crippen LogP contribution in [-0.2, 0) is 4.74 Å². The highest BCUT2D eigenvalue weighted by molar-refractivity contribution is 5.86. The molecule has 3 fully saturated rings. The van der Waals surface area contributed by atoms with Crippen molar-refractivity contribution in [2.75, 3.05) is 18.5 Å². The highest BCUT2D eigenvalue weighted by Crippen LogP contribution is 2.42. The zero-order valence-electron chi connectivity index (χ0n) is 17.8. The second kappa shape index (κ2) is 8.27. The van der Waals surface area contributed by atoms with Gasteiger partial charge in [0.2, 0.25) is 11.8 Å². The fourth-order valence-electron chi connectivity index (χ4n) is 4.76. The van der Waals surface area contributed by atoms with Crippen LogP contribution in [-0.4, -0.2) is 51.0 Å². The number of aromatic nitrogens is 3. The van der Waals surface area contributed by atoms with Crippen LogP contribution in [0.15, 0.2) is 12.4 Å². The van der Waals surface area contributed by atoms with Crippen LogP contribution in [0, 0.1) is 0 Å². The number of anilines is 1. The number of pyridine rings is 1. The third-order valence-electron chi connectivity index (χ3n) is 7.10. The van der Waals surface area contributed by atoms with Crippen molar-refractivity contribution in [2.45, 2.75) is 88.4 Å². The Labute approximate surface area is 177 Å².